The molecule has 0 unspecified atom stereocenters. The molecule has 3 aromatic carbocycles. The summed E-state index contributed by atoms with van der Waals surface area (Å²) in [6.45, 7) is 0.714. The molecule has 0 aromatic heterocycles. The number of phenolic OH excluding ortho intramolecular Hbond substituents is 1. The minimum Gasteiger partial charge on any atom is -0.507 e. The average molecular weight is 319 g/mol. The van der Waals surface area contributed by atoms with Gasteiger partial charge in [-0.1, -0.05) is 60.7 Å². The molecule has 0 atom stereocenters. The van der Waals surface area contributed by atoms with Crippen molar-refractivity contribution >= 4 is 5.69 Å². The van der Waals surface area contributed by atoms with E-state index in [0.29, 0.717) is 12.3 Å². The van der Waals surface area contributed by atoms with Crippen LogP contribution in [0.4, 0.5) is 5.69 Å². The molecule has 0 radical (unpaired) electrons. The van der Waals surface area contributed by atoms with Crippen molar-refractivity contribution in [1.29, 1.82) is 0 Å². The van der Waals surface area contributed by atoms with E-state index >= 15 is 0 Å². The summed E-state index contributed by atoms with van der Waals surface area (Å²) >= 11 is 0. The predicted octanol–water partition coefficient (Wildman–Crippen LogP) is 4.72. The van der Waals surface area contributed by atoms with Crippen molar-refractivity contribution in [2.45, 2.75) is 6.42 Å². The van der Waals surface area contributed by atoms with Crippen LogP contribution in [0.25, 0.3) is 11.1 Å². The van der Waals surface area contributed by atoms with Crippen LogP contribution in [0.2, 0.25) is 0 Å². The number of ether oxygens (including phenoxy) is 1. The first-order valence-corrected chi connectivity index (χ1v) is 8.03. The first-order chi connectivity index (χ1) is 11.8. The number of methoxy groups -OCH3 is 1. The molecule has 2 N–H and O–H groups in total. The molecule has 122 valence electrons. The summed E-state index contributed by atoms with van der Waals surface area (Å²) in [5, 5.41) is 14.0. The topological polar surface area (TPSA) is 41.5 Å². The zero-order chi connectivity index (χ0) is 16.8. The highest BCUT2D eigenvalue weighted by Gasteiger charge is 2.09. The van der Waals surface area contributed by atoms with Gasteiger partial charge in [-0.15, -0.1) is 0 Å². The Hall–Kier alpha value is -2.94. The van der Waals surface area contributed by atoms with Gasteiger partial charge in [0.2, 0.25) is 0 Å². The van der Waals surface area contributed by atoms with E-state index in [1.54, 1.807) is 7.11 Å². The van der Waals surface area contributed by atoms with Gasteiger partial charge in [0.1, 0.15) is 11.5 Å². The van der Waals surface area contributed by atoms with E-state index in [0.717, 1.165) is 34.5 Å². The summed E-state index contributed by atoms with van der Waals surface area (Å²) in [4.78, 5) is 0. The lowest BCUT2D eigenvalue weighted by atomic mass is 10.00. The van der Waals surface area contributed by atoms with Crippen LogP contribution in [0.1, 0.15) is 5.56 Å². The third-order valence-electron chi connectivity index (χ3n) is 4.02. The standard InChI is InChI=1S/C21H21NO2/c1-24-20-13-6-5-12-19(20)22-15-14-17-10-7-11-18(21(17)23)16-8-3-2-4-9-16/h2-13,22-23H,14-15H2,1H3. The highest BCUT2D eigenvalue weighted by Crippen LogP contribution is 2.32. The summed E-state index contributed by atoms with van der Waals surface area (Å²) < 4.78 is 5.34. The zero-order valence-electron chi connectivity index (χ0n) is 13.7. The van der Waals surface area contributed by atoms with Crippen molar-refractivity contribution < 1.29 is 9.84 Å². The largest absolute Gasteiger partial charge is 0.507 e. The molecule has 0 aliphatic rings. The van der Waals surface area contributed by atoms with Gasteiger partial charge in [-0.2, -0.15) is 0 Å². The van der Waals surface area contributed by atoms with Gasteiger partial charge in [-0.05, 0) is 29.7 Å². The van der Waals surface area contributed by atoms with Gasteiger partial charge in [0.25, 0.3) is 0 Å². The van der Waals surface area contributed by atoms with Crippen molar-refractivity contribution in [3.05, 3.63) is 78.4 Å². The van der Waals surface area contributed by atoms with E-state index in [9.17, 15) is 5.11 Å². The lowest BCUT2D eigenvalue weighted by Crippen LogP contribution is -2.06. The first-order valence-electron chi connectivity index (χ1n) is 8.03. The van der Waals surface area contributed by atoms with Crippen LogP contribution in [0.3, 0.4) is 0 Å². The number of nitrogens with one attached hydrogen (secondary N) is 1. The molecule has 3 heteroatoms. The average Bonchev–Trinajstić information content (AvgIpc) is 2.64. The van der Waals surface area contributed by atoms with Crippen LogP contribution in [-0.2, 0) is 6.42 Å². The van der Waals surface area contributed by atoms with E-state index in [2.05, 4.69) is 5.32 Å². The van der Waals surface area contributed by atoms with E-state index in [4.69, 9.17) is 4.74 Å². The fraction of sp³-hybridized carbons (Fsp3) is 0.143. The van der Waals surface area contributed by atoms with Gasteiger partial charge < -0.3 is 15.2 Å². The Morgan fingerprint density at radius 1 is 0.875 bits per heavy atom. The number of hydrogen-bond acceptors (Lipinski definition) is 3. The summed E-state index contributed by atoms with van der Waals surface area (Å²) in [7, 11) is 1.66. The number of anilines is 1. The number of aromatic hydroxyl groups is 1. The molecule has 3 aromatic rings. The van der Waals surface area contributed by atoms with Gasteiger partial charge in [-0.3, -0.25) is 0 Å². The predicted molar refractivity (Wildman–Crippen MR) is 98.7 cm³/mol. The first kappa shape index (κ1) is 15.9. The third kappa shape index (κ3) is 3.51. The molecule has 3 rings (SSSR count). The normalized spacial score (nSPS) is 10.4. The van der Waals surface area contributed by atoms with Crippen LogP contribution >= 0.6 is 0 Å². The van der Waals surface area contributed by atoms with E-state index < -0.39 is 0 Å². The van der Waals surface area contributed by atoms with Gasteiger partial charge in [-0.25, -0.2) is 0 Å². The monoisotopic (exact) mass is 319 g/mol. The minimum atomic E-state index is 0.352. The zero-order valence-corrected chi connectivity index (χ0v) is 13.7. The smallest absolute Gasteiger partial charge is 0.141 e. The lowest BCUT2D eigenvalue weighted by Gasteiger charge is -2.13. The summed E-state index contributed by atoms with van der Waals surface area (Å²) in [6, 6.07) is 23.7. The van der Waals surface area contributed by atoms with Crippen LogP contribution < -0.4 is 10.1 Å². The van der Waals surface area contributed by atoms with E-state index in [1.165, 1.54) is 0 Å². The molecular formula is C21H21NO2. The van der Waals surface area contributed by atoms with Gasteiger partial charge >= 0.3 is 0 Å². The molecule has 3 nitrogen and oxygen atoms in total. The van der Waals surface area contributed by atoms with Crippen molar-refractivity contribution in [3.8, 4) is 22.6 Å². The van der Waals surface area contributed by atoms with Crippen LogP contribution in [-0.4, -0.2) is 18.8 Å². The molecule has 0 saturated heterocycles. The number of benzene rings is 3. The fourth-order valence-electron chi connectivity index (χ4n) is 2.77. The van der Waals surface area contributed by atoms with Crippen molar-refractivity contribution in [1.82, 2.24) is 0 Å². The maximum atomic E-state index is 10.6. The van der Waals surface area contributed by atoms with E-state index in [1.807, 2.05) is 72.8 Å². The highest BCUT2D eigenvalue weighted by atomic mass is 16.5. The number of rotatable bonds is 6. The quantitative estimate of drug-likeness (QED) is 0.690. The molecule has 0 aliphatic heterocycles. The maximum absolute atomic E-state index is 10.6. The van der Waals surface area contributed by atoms with E-state index in [-0.39, 0.29) is 0 Å². The minimum absolute atomic E-state index is 0.352. The fourth-order valence-corrected chi connectivity index (χ4v) is 2.77. The summed E-state index contributed by atoms with van der Waals surface area (Å²) in [5.74, 6) is 1.17. The molecule has 0 spiro atoms. The van der Waals surface area contributed by atoms with Gasteiger partial charge in [0, 0.05) is 12.1 Å². The molecule has 0 amide bonds. The molecule has 0 heterocycles. The second-order valence-corrected chi connectivity index (χ2v) is 5.56. The van der Waals surface area contributed by atoms with Crippen LogP contribution in [0.15, 0.2) is 72.8 Å². The summed E-state index contributed by atoms with van der Waals surface area (Å²) in [6.07, 6.45) is 0.727. The molecule has 0 fully saturated rings. The van der Waals surface area contributed by atoms with Gasteiger partial charge in [0.15, 0.2) is 0 Å². The Morgan fingerprint density at radius 3 is 2.42 bits per heavy atom. The maximum Gasteiger partial charge on any atom is 0.141 e. The van der Waals surface area contributed by atoms with Crippen LogP contribution in [0, 0.1) is 0 Å². The van der Waals surface area contributed by atoms with Gasteiger partial charge in [0.05, 0.1) is 12.8 Å². The molecular weight excluding hydrogens is 298 g/mol. The third-order valence-corrected chi connectivity index (χ3v) is 4.02. The lowest BCUT2D eigenvalue weighted by molar-refractivity contribution is 0.416. The molecule has 0 bridgehead atoms. The number of hydrogen-bond donors (Lipinski definition) is 2. The Labute approximate surface area is 142 Å². The van der Waals surface area contributed by atoms with Crippen molar-refractivity contribution in [2.75, 3.05) is 19.0 Å². The second-order valence-electron chi connectivity index (χ2n) is 5.56. The second kappa shape index (κ2) is 7.55. The van der Waals surface area contributed by atoms with Crippen LogP contribution in [0.5, 0.6) is 11.5 Å². The summed E-state index contributed by atoms with van der Waals surface area (Å²) in [5.41, 5.74) is 3.78. The molecule has 0 saturated carbocycles. The van der Waals surface area contributed by atoms with Crippen molar-refractivity contribution in [3.63, 3.8) is 0 Å². The number of para-hydroxylation sites is 3. The molecule has 24 heavy (non-hydrogen) atoms. The molecule has 0 aliphatic carbocycles. The Kier molecular flexibility index (Phi) is 5.02. The highest BCUT2D eigenvalue weighted by molar-refractivity contribution is 5.71. The Morgan fingerprint density at radius 2 is 1.62 bits per heavy atom. The number of phenols is 1. The Balaban J connectivity index is 1.72. The van der Waals surface area contributed by atoms with Crippen molar-refractivity contribution in [2.24, 2.45) is 0 Å². The SMILES string of the molecule is COc1ccccc1NCCc1cccc(-c2ccccc2)c1O. The Bertz CT molecular complexity index is 800.